The van der Waals surface area contributed by atoms with Gasteiger partial charge in [-0.05, 0) is 13.8 Å². The van der Waals surface area contributed by atoms with Crippen molar-refractivity contribution in [2.24, 2.45) is 0 Å². The van der Waals surface area contributed by atoms with E-state index in [1.807, 2.05) is 13.8 Å². The molecule has 15 heavy (non-hydrogen) atoms. The zero-order valence-corrected chi connectivity index (χ0v) is 10.6. The molecular formula is C6H10ClNO5S2. The van der Waals surface area contributed by atoms with Crippen LogP contribution in [0.3, 0.4) is 0 Å². The molecule has 0 saturated carbocycles. The summed E-state index contributed by atoms with van der Waals surface area (Å²) in [7, 11) is -2.98. The Hall–Kier alpha value is 0.0400. The minimum Gasteiger partial charge on any atom is -0.300 e. The van der Waals surface area contributed by atoms with Gasteiger partial charge in [-0.3, -0.25) is 9.69 Å². The van der Waals surface area contributed by atoms with Crippen LogP contribution >= 0.6 is 24.0 Å². The molecule has 0 radical (unpaired) electrons. The van der Waals surface area contributed by atoms with Crippen molar-refractivity contribution >= 4 is 34.2 Å². The van der Waals surface area contributed by atoms with Crippen molar-refractivity contribution in [1.29, 1.82) is 0 Å². The Labute approximate surface area is 98.6 Å². The molecule has 1 aliphatic rings. The first-order chi connectivity index (χ1) is 6.45. The maximum absolute atomic E-state index is 11.3. The Bertz CT molecular complexity index is 271. The number of halogens is 1. The van der Waals surface area contributed by atoms with Crippen molar-refractivity contribution in [1.82, 2.24) is 4.90 Å². The van der Waals surface area contributed by atoms with E-state index in [9.17, 15) is 4.79 Å². The van der Waals surface area contributed by atoms with Crippen LogP contribution in [0.15, 0.2) is 0 Å². The zero-order chi connectivity index (χ0) is 12.4. The van der Waals surface area contributed by atoms with E-state index in [0.717, 1.165) is 0 Å². The predicted molar refractivity (Wildman–Crippen MR) is 49.3 cm³/mol. The third-order valence-electron chi connectivity index (χ3n) is 1.44. The lowest BCUT2D eigenvalue weighted by molar-refractivity contribution is -1.92. The number of thiocarbonyl (C=S) groups is 1. The highest BCUT2D eigenvalue weighted by atomic mass is 35.7. The van der Waals surface area contributed by atoms with Crippen molar-refractivity contribution in [2.45, 2.75) is 18.6 Å². The summed E-state index contributed by atoms with van der Waals surface area (Å²) in [5.74, 6) is 0.0995. The molecule has 0 bridgehead atoms. The third-order valence-corrected chi connectivity index (χ3v) is 3.09. The lowest BCUT2D eigenvalue weighted by Crippen LogP contribution is -2.58. The van der Waals surface area contributed by atoms with E-state index < -0.39 is 10.2 Å². The second-order valence-electron chi connectivity index (χ2n) is 3.14. The first-order valence-corrected chi connectivity index (χ1v) is 6.08. The summed E-state index contributed by atoms with van der Waals surface area (Å²) in [6.07, 6.45) is 0. The van der Waals surface area contributed by atoms with Crippen LogP contribution in [0.2, 0.25) is 0 Å². The van der Waals surface area contributed by atoms with Gasteiger partial charge >= 0.3 is 0 Å². The summed E-state index contributed by atoms with van der Waals surface area (Å²) >= 11 is 6.38. The number of nitrogens with zero attached hydrogens (tertiary/aromatic N) is 1. The Balaban J connectivity index is 0.000000336. The van der Waals surface area contributed by atoms with Crippen LogP contribution in [0.1, 0.15) is 13.8 Å². The van der Waals surface area contributed by atoms with Crippen LogP contribution in [0.25, 0.3) is 0 Å². The monoisotopic (exact) mass is 275 g/mol. The molecule has 1 aliphatic heterocycles. The summed E-state index contributed by atoms with van der Waals surface area (Å²) in [6, 6.07) is 0. The van der Waals surface area contributed by atoms with Crippen LogP contribution < -0.4 is 14.0 Å². The minimum absolute atomic E-state index is 0.0995. The van der Waals surface area contributed by atoms with E-state index in [1.165, 1.54) is 16.7 Å². The summed E-state index contributed by atoms with van der Waals surface area (Å²) < 4.78 is 33.1. The largest absolute Gasteiger partial charge is 0.300 e. The van der Waals surface area contributed by atoms with Gasteiger partial charge < -0.3 is 0 Å². The standard InChI is InChI=1S/C6H9NOS2.ClHO4/c1-6(2)4(8)7(3)5(9)10-6;2-1(3,4)5/h1-3H3;(H,2,3,4,5). The molecular weight excluding hydrogens is 266 g/mol. The molecule has 1 amide bonds. The topological polar surface area (TPSA) is 110 Å². The van der Waals surface area contributed by atoms with E-state index in [4.69, 9.17) is 30.9 Å². The van der Waals surface area contributed by atoms with Gasteiger partial charge in [0.2, 0.25) is 5.91 Å². The van der Waals surface area contributed by atoms with E-state index in [2.05, 4.69) is 0 Å². The second kappa shape index (κ2) is 4.91. The van der Waals surface area contributed by atoms with Crippen molar-refractivity contribution in [3.05, 3.63) is 0 Å². The molecule has 1 rings (SSSR count). The van der Waals surface area contributed by atoms with Crippen molar-refractivity contribution in [3.8, 4) is 0 Å². The number of thioether (sulfide) groups is 1. The molecule has 0 aromatic rings. The molecule has 88 valence electrons. The van der Waals surface area contributed by atoms with Crippen LogP contribution in [-0.2, 0) is 4.79 Å². The molecule has 1 saturated heterocycles. The van der Waals surface area contributed by atoms with E-state index >= 15 is 0 Å². The molecule has 0 atom stereocenters. The highest BCUT2D eigenvalue weighted by molar-refractivity contribution is 8.24. The number of amides is 1. The smallest absolute Gasteiger partial charge is 0.243 e. The Morgan fingerprint density at radius 2 is 1.80 bits per heavy atom. The number of carbonyl (C=O) groups is 1. The van der Waals surface area contributed by atoms with Gasteiger partial charge in [0.25, 0.3) is 0 Å². The maximum atomic E-state index is 11.3. The summed E-state index contributed by atoms with van der Waals surface area (Å²) in [5.41, 5.74) is 0. The van der Waals surface area contributed by atoms with Gasteiger partial charge in [0, 0.05) is 7.05 Å². The van der Waals surface area contributed by atoms with Gasteiger partial charge in [0.1, 0.15) is 4.32 Å². The molecule has 0 spiro atoms. The Kier molecular flexibility index (Phi) is 4.93. The first-order valence-electron chi connectivity index (χ1n) is 3.59. The minimum atomic E-state index is -4.69. The SMILES string of the molecule is CN1C(=O)C(C)(C)SC1=S.[O-][Cl+3]([O-])([O-])O. The molecule has 1 heterocycles. The fraction of sp³-hybridized carbons (Fsp3) is 0.667. The highest BCUT2D eigenvalue weighted by Crippen LogP contribution is 2.35. The molecule has 9 heteroatoms. The quantitative estimate of drug-likeness (QED) is 0.473. The predicted octanol–water partition coefficient (Wildman–Crippen LogP) is -2.87. The van der Waals surface area contributed by atoms with Gasteiger partial charge in [-0.1, -0.05) is 24.0 Å². The van der Waals surface area contributed by atoms with E-state index in [-0.39, 0.29) is 10.7 Å². The maximum Gasteiger partial charge on any atom is 0.243 e. The second-order valence-corrected chi connectivity index (χ2v) is 6.19. The molecule has 0 aromatic heterocycles. The Morgan fingerprint density at radius 1 is 1.47 bits per heavy atom. The molecule has 0 unspecified atom stereocenters. The molecule has 6 nitrogen and oxygen atoms in total. The molecule has 1 N–H and O–H groups in total. The van der Waals surface area contributed by atoms with Crippen LogP contribution in [0.5, 0.6) is 0 Å². The first kappa shape index (κ1) is 15.0. The van der Waals surface area contributed by atoms with Crippen LogP contribution in [0, 0.1) is 10.2 Å². The van der Waals surface area contributed by atoms with Crippen molar-refractivity contribution in [2.75, 3.05) is 7.05 Å². The van der Waals surface area contributed by atoms with Gasteiger partial charge in [-0.15, -0.1) is 0 Å². The molecule has 1 fully saturated rings. The summed E-state index contributed by atoms with van der Waals surface area (Å²) in [4.78, 5) is 12.8. The van der Waals surface area contributed by atoms with E-state index in [1.54, 1.807) is 7.05 Å². The van der Waals surface area contributed by atoms with Crippen LogP contribution in [0.4, 0.5) is 0 Å². The lowest BCUT2D eigenvalue weighted by Gasteiger charge is -2.11. The van der Waals surface area contributed by atoms with Crippen molar-refractivity contribution in [3.63, 3.8) is 0 Å². The van der Waals surface area contributed by atoms with Crippen molar-refractivity contribution < 1.29 is 33.7 Å². The van der Waals surface area contributed by atoms with Gasteiger partial charge in [-0.25, -0.2) is 0 Å². The Morgan fingerprint density at radius 3 is 1.87 bits per heavy atom. The van der Waals surface area contributed by atoms with Gasteiger partial charge in [0.05, 0.1) is 19.6 Å². The highest BCUT2D eigenvalue weighted by Gasteiger charge is 2.41. The average molecular weight is 276 g/mol. The molecule has 0 aliphatic carbocycles. The average Bonchev–Trinajstić information content (AvgIpc) is 2.11. The summed E-state index contributed by atoms with van der Waals surface area (Å²) in [5, 5.41) is 0. The van der Waals surface area contributed by atoms with Gasteiger partial charge in [0.15, 0.2) is 0 Å². The van der Waals surface area contributed by atoms with Crippen LogP contribution in [-0.4, -0.2) is 31.6 Å². The van der Waals surface area contributed by atoms with E-state index in [0.29, 0.717) is 4.32 Å². The lowest BCUT2D eigenvalue weighted by atomic mass is 10.2. The number of carbonyl (C=O) groups excluding carboxylic acids is 1. The zero-order valence-electron chi connectivity index (χ0n) is 8.22. The normalized spacial score (nSPS) is 20.1. The van der Waals surface area contributed by atoms with Gasteiger partial charge in [-0.2, -0.15) is 14.0 Å². The summed E-state index contributed by atoms with van der Waals surface area (Å²) in [6.45, 7) is 3.77. The number of hydrogen-bond acceptors (Lipinski definition) is 7. The fourth-order valence-electron chi connectivity index (χ4n) is 0.817. The number of rotatable bonds is 0. The molecule has 0 aromatic carbocycles. The number of hydrogen-bond donors (Lipinski definition) is 1. The fourth-order valence-corrected chi connectivity index (χ4v) is 2.41. The third kappa shape index (κ3) is 5.61.